The highest BCUT2D eigenvalue weighted by molar-refractivity contribution is 6.31. The Balaban J connectivity index is 1.30. The number of imidazole rings is 1. The van der Waals surface area contributed by atoms with Crippen molar-refractivity contribution in [2.75, 3.05) is 13.2 Å². The van der Waals surface area contributed by atoms with E-state index >= 15 is 0 Å². The molecular weight excluding hydrogens is 576 g/mol. The molecule has 5 aromatic rings. The number of aromatic nitrogens is 3. The van der Waals surface area contributed by atoms with Crippen LogP contribution in [0.4, 0.5) is 0 Å². The lowest BCUT2D eigenvalue weighted by Gasteiger charge is -2.28. The van der Waals surface area contributed by atoms with Crippen LogP contribution in [0.1, 0.15) is 58.3 Å². The van der Waals surface area contributed by atoms with E-state index in [2.05, 4.69) is 30.6 Å². The topological polar surface area (TPSA) is 110 Å². The Morgan fingerprint density at radius 1 is 1.14 bits per heavy atom. The number of aryl methyl sites for hydroxylation is 1. The SMILES string of the molecule is Cc1cc(Cc2nc3ccc(C(=O)O)cc3n2[C@@H]2COCC2(C)C)c(Cl)cc1-c1cccc(OCc2ccc(C#N)cc2)n1. The summed E-state index contributed by atoms with van der Waals surface area (Å²) in [5, 5.41) is 19.3. The molecule has 2 aromatic heterocycles. The number of rotatable bonds is 8. The highest BCUT2D eigenvalue weighted by Crippen LogP contribution is 2.41. The molecular formula is C35H31ClN4O4. The predicted octanol–water partition coefficient (Wildman–Crippen LogP) is 7.40. The number of carboxylic acid groups (broad SMARTS) is 1. The van der Waals surface area contributed by atoms with Gasteiger partial charge in [-0.25, -0.2) is 14.8 Å². The van der Waals surface area contributed by atoms with Crippen LogP contribution in [0.5, 0.6) is 5.88 Å². The standard InChI is InChI=1S/C35H31ClN4O4/c1-21-13-25(15-32-38-29-12-11-24(34(41)42)14-30(29)40(32)31-19-43-20-35(31,2)3)27(36)16-26(21)28-5-4-6-33(39-28)44-18-23-9-7-22(17-37)8-10-23/h4-14,16,31H,15,18-20H2,1-3H3,(H,41,42)/t31-/m1/s1. The number of benzene rings is 3. The van der Waals surface area contributed by atoms with Gasteiger partial charge in [0.15, 0.2) is 0 Å². The van der Waals surface area contributed by atoms with Gasteiger partial charge in [0.25, 0.3) is 0 Å². The van der Waals surface area contributed by atoms with E-state index in [1.165, 1.54) is 0 Å². The third-order valence-electron chi connectivity index (χ3n) is 8.18. The van der Waals surface area contributed by atoms with Crippen LogP contribution in [0.25, 0.3) is 22.3 Å². The van der Waals surface area contributed by atoms with Gasteiger partial charge < -0.3 is 19.1 Å². The molecule has 1 aliphatic heterocycles. The van der Waals surface area contributed by atoms with E-state index in [9.17, 15) is 9.90 Å². The summed E-state index contributed by atoms with van der Waals surface area (Å²) in [5.41, 5.74) is 6.66. The van der Waals surface area contributed by atoms with Crippen LogP contribution in [-0.4, -0.2) is 38.8 Å². The average molecular weight is 607 g/mol. The largest absolute Gasteiger partial charge is 0.478 e. The van der Waals surface area contributed by atoms with Crippen molar-refractivity contribution in [1.29, 1.82) is 5.26 Å². The van der Waals surface area contributed by atoms with Gasteiger partial charge in [-0.3, -0.25) is 0 Å². The second-order valence-corrected chi connectivity index (χ2v) is 12.2. The van der Waals surface area contributed by atoms with Crippen LogP contribution in [0.15, 0.2) is 72.8 Å². The van der Waals surface area contributed by atoms with E-state index in [-0.39, 0.29) is 17.0 Å². The number of carbonyl (C=O) groups is 1. The van der Waals surface area contributed by atoms with Crippen LogP contribution in [0.3, 0.4) is 0 Å². The monoisotopic (exact) mass is 606 g/mol. The molecule has 1 fully saturated rings. The van der Waals surface area contributed by atoms with Crippen LogP contribution in [-0.2, 0) is 17.8 Å². The van der Waals surface area contributed by atoms with Gasteiger partial charge in [-0.05, 0) is 66.1 Å². The van der Waals surface area contributed by atoms with Crippen molar-refractivity contribution in [2.24, 2.45) is 5.41 Å². The summed E-state index contributed by atoms with van der Waals surface area (Å²) in [6.07, 6.45) is 0.463. The maximum Gasteiger partial charge on any atom is 0.335 e. The van der Waals surface area contributed by atoms with Gasteiger partial charge in [0.1, 0.15) is 12.4 Å². The summed E-state index contributed by atoms with van der Waals surface area (Å²) < 4.78 is 14.0. The van der Waals surface area contributed by atoms with Gasteiger partial charge >= 0.3 is 5.97 Å². The van der Waals surface area contributed by atoms with Gasteiger partial charge in [-0.2, -0.15) is 5.26 Å². The van der Waals surface area contributed by atoms with Gasteiger partial charge in [-0.1, -0.05) is 49.7 Å². The molecule has 1 aliphatic rings. The molecule has 8 nitrogen and oxygen atoms in total. The first-order valence-corrected chi connectivity index (χ1v) is 14.7. The number of halogens is 1. The minimum Gasteiger partial charge on any atom is -0.478 e. The Morgan fingerprint density at radius 2 is 1.93 bits per heavy atom. The molecule has 0 spiro atoms. The van der Waals surface area contributed by atoms with Crippen molar-refractivity contribution in [2.45, 2.75) is 39.8 Å². The number of aromatic carboxylic acids is 1. The number of hydrogen-bond acceptors (Lipinski definition) is 6. The number of carboxylic acids is 1. The molecule has 0 amide bonds. The van der Waals surface area contributed by atoms with Gasteiger partial charge in [0.05, 0.1) is 53.2 Å². The maximum atomic E-state index is 11.8. The fourth-order valence-electron chi connectivity index (χ4n) is 5.73. The first-order chi connectivity index (χ1) is 21.1. The van der Waals surface area contributed by atoms with Crippen molar-refractivity contribution < 1.29 is 19.4 Å². The molecule has 6 rings (SSSR count). The van der Waals surface area contributed by atoms with Gasteiger partial charge in [-0.15, -0.1) is 0 Å². The molecule has 3 heterocycles. The molecule has 1 saturated heterocycles. The number of ether oxygens (including phenoxy) is 2. The minimum atomic E-state index is -0.977. The zero-order valence-corrected chi connectivity index (χ0v) is 25.4. The summed E-state index contributed by atoms with van der Waals surface area (Å²) in [4.78, 5) is 21.5. The van der Waals surface area contributed by atoms with E-state index in [4.69, 9.17) is 36.3 Å². The van der Waals surface area contributed by atoms with E-state index in [1.807, 2.05) is 43.3 Å². The highest BCUT2D eigenvalue weighted by atomic mass is 35.5. The van der Waals surface area contributed by atoms with Crippen molar-refractivity contribution in [1.82, 2.24) is 14.5 Å². The third-order valence-corrected chi connectivity index (χ3v) is 8.54. The van der Waals surface area contributed by atoms with E-state index in [0.717, 1.165) is 44.8 Å². The zero-order valence-electron chi connectivity index (χ0n) is 24.7. The molecule has 222 valence electrons. The van der Waals surface area contributed by atoms with E-state index < -0.39 is 5.97 Å². The predicted molar refractivity (Wildman–Crippen MR) is 168 cm³/mol. The fraction of sp³-hybridized carbons (Fsp3) is 0.257. The molecule has 0 aliphatic carbocycles. The highest BCUT2D eigenvalue weighted by Gasteiger charge is 2.39. The fourth-order valence-corrected chi connectivity index (χ4v) is 5.96. The second-order valence-electron chi connectivity index (χ2n) is 11.8. The lowest BCUT2D eigenvalue weighted by Crippen LogP contribution is -2.27. The Hall–Kier alpha value is -4.71. The van der Waals surface area contributed by atoms with Crippen LogP contribution < -0.4 is 4.74 Å². The quantitative estimate of drug-likeness (QED) is 0.196. The number of hydrogen-bond donors (Lipinski definition) is 1. The molecule has 1 N–H and O–H groups in total. The summed E-state index contributed by atoms with van der Waals surface area (Å²) in [6, 6.07) is 24.0. The molecule has 0 radical (unpaired) electrons. The van der Waals surface area contributed by atoms with Crippen LogP contribution in [0.2, 0.25) is 5.02 Å². The Kier molecular flexibility index (Phi) is 7.85. The minimum absolute atomic E-state index is 0.0121. The second kappa shape index (κ2) is 11.8. The van der Waals surface area contributed by atoms with Crippen molar-refractivity contribution in [3.63, 3.8) is 0 Å². The number of nitriles is 1. The van der Waals surface area contributed by atoms with Crippen molar-refractivity contribution in [3.8, 4) is 23.2 Å². The smallest absolute Gasteiger partial charge is 0.335 e. The molecule has 1 atom stereocenters. The molecule has 0 unspecified atom stereocenters. The van der Waals surface area contributed by atoms with E-state index in [1.54, 1.807) is 30.3 Å². The average Bonchev–Trinajstić information content (AvgIpc) is 3.55. The maximum absolute atomic E-state index is 11.8. The van der Waals surface area contributed by atoms with E-state index in [0.29, 0.717) is 42.7 Å². The molecule has 3 aromatic carbocycles. The molecule has 0 saturated carbocycles. The Morgan fingerprint density at radius 3 is 2.64 bits per heavy atom. The first-order valence-electron chi connectivity index (χ1n) is 14.3. The summed E-state index contributed by atoms with van der Waals surface area (Å²) in [7, 11) is 0. The molecule has 9 heteroatoms. The van der Waals surface area contributed by atoms with Crippen LogP contribution >= 0.6 is 11.6 Å². The first kappa shape index (κ1) is 29.4. The third kappa shape index (κ3) is 5.77. The lowest BCUT2D eigenvalue weighted by molar-refractivity contribution is 0.0697. The normalized spacial score (nSPS) is 15.8. The summed E-state index contributed by atoms with van der Waals surface area (Å²) in [6.45, 7) is 7.79. The number of pyridine rings is 1. The van der Waals surface area contributed by atoms with Crippen molar-refractivity contribution in [3.05, 3.63) is 111 Å². The lowest BCUT2D eigenvalue weighted by atomic mass is 9.87. The molecule has 0 bridgehead atoms. The number of nitrogens with zero attached hydrogens (tertiary/aromatic N) is 4. The Bertz CT molecular complexity index is 1920. The Labute approximate surface area is 260 Å². The summed E-state index contributed by atoms with van der Waals surface area (Å²) in [5.74, 6) is 0.313. The molecule has 44 heavy (non-hydrogen) atoms. The summed E-state index contributed by atoms with van der Waals surface area (Å²) >= 11 is 6.92. The zero-order chi connectivity index (χ0) is 31.0. The van der Waals surface area contributed by atoms with Gasteiger partial charge in [0, 0.05) is 28.5 Å². The number of fused-ring (bicyclic) bond motifs is 1. The van der Waals surface area contributed by atoms with Crippen LogP contribution in [0, 0.1) is 23.7 Å². The van der Waals surface area contributed by atoms with Crippen molar-refractivity contribution >= 4 is 28.6 Å². The van der Waals surface area contributed by atoms with Gasteiger partial charge in [0.2, 0.25) is 5.88 Å².